The van der Waals surface area contributed by atoms with Crippen molar-refractivity contribution in [3.05, 3.63) is 0 Å². The van der Waals surface area contributed by atoms with E-state index >= 15 is 0 Å². The molecule has 1 aliphatic heterocycles. The van der Waals surface area contributed by atoms with Crippen molar-refractivity contribution in [3.63, 3.8) is 0 Å². The second kappa shape index (κ2) is 2.21. The highest BCUT2D eigenvalue weighted by Crippen LogP contribution is 1.96. The van der Waals surface area contributed by atoms with Gasteiger partial charge in [-0.05, 0) is 12.7 Å². The van der Waals surface area contributed by atoms with Crippen LogP contribution in [-0.2, 0) is 9.69 Å². The Bertz CT molecular complexity index is 24.3. The minimum absolute atomic E-state index is 0.778. The number of hydrogen-bond acceptors (Lipinski definition) is 2. The quantitative estimate of drug-likeness (QED) is 0.307. The molecule has 1 aliphatic rings. The lowest BCUT2D eigenvalue weighted by atomic mass is 9.93. The van der Waals surface area contributed by atoms with E-state index in [1.807, 2.05) is 0 Å². The molecule has 6 heavy (non-hydrogen) atoms. The van der Waals surface area contributed by atoms with E-state index in [4.69, 9.17) is 0 Å². The first-order valence-corrected chi connectivity index (χ1v) is 2.24. The zero-order valence-corrected chi connectivity index (χ0v) is 3.64. The Labute approximate surface area is 37.6 Å². The minimum atomic E-state index is 0.778. The topological polar surface area (TPSA) is 18.5 Å². The highest BCUT2D eigenvalue weighted by Gasteiger charge is 1.99. The van der Waals surface area contributed by atoms with Crippen LogP contribution < -0.4 is 0 Å². The molecule has 34 valence electrons. The van der Waals surface area contributed by atoms with E-state index in [-0.39, 0.29) is 0 Å². The smallest absolute Gasteiger partial charge is 0.310 e. The van der Waals surface area contributed by atoms with Crippen LogP contribution in [0.25, 0.3) is 0 Å². The first kappa shape index (κ1) is 4.15. The lowest BCUT2D eigenvalue weighted by Gasteiger charge is -2.06. The lowest BCUT2D eigenvalue weighted by molar-refractivity contribution is -0.216. The third-order valence-corrected chi connectivity index (χ3v) is 0.789. The third-order valence-electron chi connectivity index (χ3n) is 0.789. The van der Waals surface area contributed by atoms with E-state index in [0.29, 0.717) is 0 Å². The van der Waals surface area contributed by atoms with E-state index in [2.05, 4.69) is 9.69 Å². The molecule has 0 bridgehead atoms. The van der Waals surface area contributed by atoms with Crippen LogP contribution in [0.2, 0.25) is 6.32 Å². The molecule has 0 saturated carbocycles. The Balaban J connectivity index is 2.00. The van der Waals surface area contributed by atoms with Gasteiger partial charge in [0.05, 0.1) is 6.61 Å². The zero-order valence-electron chi connectivity index (χ0n) is 3.64. The van der Waals surface area contributed by atoms with E-state index in [9.17, 15) is 0 Å². The molecule has 1 saturated heterocycles. The molecule has 0 aromatic carbocycles. The number of hydrogen-bond donors (Lipinski definition) is 0. The number of rotatable bonds is 0. The van der Waals surface area contributed by atoms with Gasteiger partial charge in [0.25, 0.3) is 0 Å². The van der Waals surface area contributed by atoms with Crippen molar-refractivity contribution in [2.24, 2.45) is 0 Å². The summed E-state index contributed by atoms with van der Waals surface area (Å²) in [5, 5.41) is 0. The van der Waals surface area contributed by atoms with Crippen LogP contribution in [0.3, 0.4) is 0 Å². The van der Waals surface area contributed by atoms with E-state index in [1.54, 1.807) is 0 Å². The molecule has 0 radical (unpaired) electrons. The average molecular weight is 85.9 g/mol. The van der Waals surface area contributed by atoms with Gasteiger partial charge in [0.1, 0.15) is 0 Å². The highest BCUT2D eigenvalue weighted by atomic mass is 17.2. The van der Waals surface area contributed by atoms with Gasteiger partial charge in [0.2, 0.25) is 0 Å². The van der Waals surface area contributed by atoms with E-state index in [1.165, 1.54) is 0 Å². The predicted molar refractivity (Wildman–Crippen MR) is 23.6 cm³/mol. The standard InChI is InChI=1S/C3H7BO2/c1-2-4-6-5-3-1/h4H,1-3H2. The van der Waals surface area contributed by atoms with E-state index < -0.39 is 0 Å². The fourth-order valence-electron chi connectivity index (χ4n) is 0.440. The molecule has 1 rings (SSSR count). The summed E-state index contributed by atoms with van der Waals surface area (Å²) in [6.07, 6.45) is 2.31. The summed E-state index contributed by atoms with van der Waals surface area (Å²) < 4.78 is 0. The van der Waals surface area contributed by atoms with Crippen LogP contribution in [-0.4, -0.2) is 14.1 Å². The molecule has 0 N–H and O–H groups in total. The average Bonchev–Trinajstić information content (AvgIpc) is 1.72. The van der Waals surface area contributed by atoms with Crippen molar-refractivity contribution in [3.8, 4) is 0 Å². The largest absolute Gasteiger partial charge is 0.323 e. The van der Waals surface area contributed by atoms with Gasteiger partial charge in [-0.25, -0.2) is 0 Å². The molecule has 2 nitrogen and oxygen atoms in total. The summed E-state index contributed by atoms with van der Waals surface area (Å²) in [4.78, 5) is 9.14. The molecule has 1 fully saturated rings. The molecule has 0 aliphatic carbocycles. The summed E-state index contributed by atoms with van der Waals surface area (Å²) in [7, 11) is 0.778. The predicted octanol–water partition coefficient (Wildman–Crippen LogP) is 0.108. The van der Waals surface area contributed by atoms with Crippen LogP contribution in [0.15, 0.2) is 0 Å². The minimum Gasteiger partial charge on any atom is -0.310 e. The third kappa shape index (κ3) is 0.991. The van der Waals surface area contributed by atoms with Gasteiger partial charge in [0, 0.05) is 0 Å². The van der Waals surface area contributed by atoms with Crippen molar-refractivity contribution in [2.75, 3.05) is 6.61 Å². The molecule has 0 aromatic rings. The highest BCUT2D eigenvalue weighted by molar-refractivity contribution is 6.26. The van der Waals surface area contributed by atoms with Crippen LogP contribution in [0.4, 0.5) is 0 Å². The Morgan fingerprint density at radius 2 is 2.50 bits per heavy atom. The summed E-state index contributed by atoms with van der Waals surface area (Å²) in [5.41, 5.74) is 0. The van der Waals surface area contributed by atoms with Gasteiger partial charge in [-0.3, -0.25) is 4.89 Å². The van der Waals surface area contributed by atoms with Gasteiger partial charge in [0.15, 0.2) is 0 Å². The monoisotopic (exact) mass is 86.1 g/mol. The Kier molecular flexibility index (Phi) is 1.53. The molecule has 0 aromatic heterocycles. The van der Waals surface area contributed by atoms with Crippen LogP contribution in [0, 0.1) is 0 Å². The fraction of sp³-hybridized carbons (Fsp3) is 1.00. The molecule has 0 unspecified atom stereocenters. The first-order valence-electron chi connectivity index (χ1n) is 2.24. The van der Waals surface area contributed by atoms with Gasteiger partial charge < -0.3 is 4.81 Å². The Morgan fingerprint density at radius 1 is 1.50 bits per heavy atom. The fourth-order valence-corrected chi connectivity index (χ4v) is 0.440. The second-order valence-corrected chi connectivity index (χ2v) is 1.35. The molecule has 3 heteroatoms. The maximum absolute atomic E-state index is 4.57. The SMILES string of the molecule is B1CCCOO1. The summed E-state index contributed by atoms with van der Waals surface area (Å²) in [6, 6.07) is 0. The Hall–Kier alpha value is -0.0151. The zero-order chi connectivity index (χ0) is 4.24. The normalized spacial score (nSPS) is 22.7. The maximum atomic E-state index is 4.57. The molecular formula is C3H7BO2. The summed E-state index contributed by atoms with van der Waals surface area (Å²) >= 11 is 0. The maximum Gasteiger partial charge on any atom is 0.323 e. The van der Waals surface area contributed by atoms with Gasteiger partial charge in [-0.15, -0.1) is 0 Å². The van der Waals surface area contributed by atoms with Gasteiger partial charge in [-0.2, -0.15) is 0 Å². The van der Waals surface area contributed by atoms with Crippen LogP contribution >= 0.6 is 0 Å². The summed E-state index contributed by atoms with van der Waals surface area (Å²) in [5.74, 6) is 0. The van der Waals surface area contributed by atoms with Gasteiger partial charge in [-0.1, -0.05) is 0 Å². The molecule has 0 amide bonds. The van der Waals surface area contributed by atoms with Crippen LogP contribution in [0.1, 0.15) is 6.42 Å². The van der Waals surface area contributed by atoms with Crippen molar-refractivity contribution < 1.29 is 9.69 Å². The Morgan fingerprint density at radius 3 is 2.67 bits per heavy atom. The van der Waals surface area contributed by atoms with Crippen molar-refractivity contribution in [1.82, 2.24) is 0 Å². The van der Waals surface area contributed by atoms with Crippen LogP contribution in [0.5, 0.6) is 0 Å². The van der Waals surface area contributed by atoms with E-state index in [0.717, 1.165) is 26.8 Å². The molecule has 0 atom stereocenters. The molecular weight excluding hydrogens is 78.8 g/mol. The summed E-state index contributed by atoms with van der Waals surface area (Å²) in [6.45, 7) is 0.778. The van der Waals surface area contributed by atoms with Crippen molar-refractivity contribution >= 4 is 7.48 Å². The molecule has 1 heterocycles. The lowest BCUT2D eigenvalue weighted by Crippen LogP contribution is -2.08. The second-order valence-electron chi connectivity index (χ2n) is 1.35. The molecule has 0 spiro atoms. The van der Waals surface area contributed by atoms with Crippen molar-refractivity contribution in [2.45, 2.75) is 12.7 Å². The first-order chi connectivity index (χ1) is 3.00. The van der Waals surface area contributed by atoms with Crippen molar-refractivity contribution in [1.29, 1.82) is 0 Å². The van der Waals surface area contributed by atoms with Gasteiger partial charge >= 0.3 is 7.48 Å².